The molecule has 2 aliphatic carbocycles. The molecule has 0 aromatic heterocycles. The summed E-state index contributed by atoms with van der Waals surface area (Å²) in [5.74, 6) is -0.775. The molecule has 2 saturated carbocycles. The van der Waals surface area contributed by atoms with Gasteiger partial charge in [0.05, 0.1) is 12.5 Å². The van der Waals surface area contributed by atoms with Gasteiger partial charge in [0.15, 0.2) is 0 Å². The number of ether oxygens (including phenoxy) is 1. The maximum Gasteiger partial charge on any atom is 0.308 e. The van der Waals surface area contributed by atoms with Crippen molar-refractivity contribution in [2.24, 2.45) is 5.92 Å². The normalized spacial score (nSPS) is 29.9. The van der Waals surface area contributed by atoms with Crippen LogP contribution in [-0.4, -0.2) is 48.3 Å². The predicted octanol–water partition coefficient (Wildman–Crippen LogP) is 1.35. The lowest BCUT2D eigenvalue weighted by Crippen LogP contribution is -2.43. The lowest BCUT2D eigenvalue weighted by Gasteiger charge is -2.31. The van der Waals surface area contributed by atoms with Gasteiger partial charge in [-0.05, 0) is 25.7 Å². The Hall–Kier alpha value is -0.610. The number of carboxylic acids is 1. The van der Waals surface area contributed by atoms with Crippen LogP contribution >= 0.6 is 0 Å². The largest absolute Gasteiger partial charge is 0.481 e. The summed E-state index contributed by atoms with van der Waals surface area (Å²) in [5.41, 5.74) is 0. The zero-order valence-corrected chi connectivity index (χ0v) is 9.89. The van der Waals surface area contributed by atoms with Gasteiger partial charge in [-0.25, -0.2) is 0 Å². The van der Waals surface area contributed by atoms with E-state index in [0.29, 0.717) is 12.6 Å². The Morgan fingerprint density at radius 2 is 2.12 bits per heavy atom. The number of methoxy groups -OCH3 is 1. The molecule has 16 heavy (non-hydrogen) atoms. The Balaban J connectivity index is 1.97. The van der Waals surface area contributed by atoms with Crippen LogP contribution in [0.15, 0.2) is 0 Å². The van der Waals surface area contributed by atoms with E-state index in [1.165, 1.54) is 12.8 Å². The molecule has 0 saturated heterocycles. The lowest BCUT2D eigenvalue weighted by molar-refractivity contribution is -0.143. The Labute approximate surface area is 96.6 Å². The van der Waals surface area contributed by atoms with Crippen LogP contribution in [0.4, 0.5) is 0 Å². The molecule has 0 spiro atoms. The van der Waals surface area contributed by atoms with E-state index < -0.39 is 5.97 Å². The molecule has 92 valence electrons. The summed E-state index contributed by atoms with van der Waals surface area (Å²) in [6.45, 7) is 1.59. The number of hydrogen-bond acceptors (Lipinski definition) is 3. The summed E-state index contributed by atoms with van der Waals surface area (Å²) >= 11 is 0. The minimum absolute atomic E-state index is 0.155. The first-order chi connectivity index (χ1) is 7.74. The summed E-state index contributed by atoms with van der Waals surface area (Å²) < 4.78 is 5.12. The van der Waals surface area contributed by atoms with Crippen molar-refractivity contribution in [2.45, 2.75) is 44.2 Å². The molecule has 0 aromatic carbocycles. The van der Waals surface area contributed by atoms with Crippen molar-refractivity contribution in [3.05, 3.63) is 0 Å². The van der Waals surface area contributed by atoms with Gasteiger partial charge in [0.25, 0.3) is 0 Å². The SMILES string of the molecule is COCCN(C1CC1)C1CCCC1C(=O)O. The number of carboxylic acid groups (broad SMARTS) is 1. The molecule has 0 heterocycles. The molecule has 0 aromatic rings. The highest BCUT2D eigenvalue weighted by Crippen LogP contribution is 2.37. The van der Waals surface area contributed by atoms with Crippen LogP contribution in [0.1, 0.15) is 32.1 Å². The first-order valence-electron chi connectivity index (χ1n) is 6.21. The standard InChI is InChI=1S/C12H21NO3/c1-16-8-7-13(9-5-6-9)11-4-2-3-10(11)12(14)15/h9-11H,2-8H2,1H3,(H,14,15). The molecular weight excluding hydrogens is 206 g/mol. The third-order valence-corrected chi connectivity index (χ3v) is 3.79. The molecule has 2 atom stereocenters. The second-order valence-electron chi connectivity index (χ2n) is 4.90. The van der Waals surface area contributed by atoms with Crippen LogP contribution in [0.5, 0.6) is 0 Å². The lowest BCUT2D eigenvalue weighted by atomic mass is 10.0. The van der Waals surface area contributed by atoms with E-state index in [9.17, 15) is 9.90 Å². The molecule has 1 N–H and O–H groups in total. The molecule has 2 fully saturated rings. The zero-order chi connectivity index (χ0) is 11.5. The fourth-order valence-corrected chi connectivity index (χ4v) is 2.85. The van der Waals surface area contributed by atoms with Crippen LogP contribution in [0.3, 0.4) is 0 Å². The Kier molecular flexibility index (Phi) is 3.82. The Bertz CT molecular complexity index is 253. The monoisotopic (exact) mass is 227 g/mol. The highest BCUT2D eigenvalue weighted by Gasteiger charge is 2.42. The third kappa shape index (κ3) is 2.55. The highest BCUT2D eigenvalue weighted by molar-refractivity contribution is 5.71. The van der Waals surface area contributed by atoms with E-state index in [1.54, 1.807) is 7.11 Å². The smallest absolute Gasteiger partial charge is 0.308 e. The summed E-state index contributed by atoms with van der Waals surface area (Å²) in [6.07, 6.45) is 5.39. The average Bonchev–Trinajstić information content (AvgIpc) is 2.96. The molecule has 0 aliphatic heterocycles. The first-order valence-corrected chi connectivity index (χ1v) is 6.21. The van der Waals surface area contributed by atoms with Gasteiger partial charge in [-0.15, -0.1) is 0 Å². The number of aliphatic carboxylic acids is 1. The van der Waals surface area contributed by atoms with E-state index in [0.717, 1.165) is 25.8 Å². The Morgan fingerprint density at radius 1 is 1.38 bits per heavy atom. The first kappa shape index (κ1) is 11.9. The third-order valence-electron chi connectivity index (χ3n) is 3.79. The zero-order valence-electron chi connectivity index (χ0n) is 9.89. The van der Waals surface area contributed by atoms with Gasteiger partial charge in [0.2, 0.25) is 0 Å². The second kappa shape index (κ2) is 5.15. The van der Waals surface area contributed by atoms with Gasteiger partial charge in [0, 0.05) is 25.7 Å². The van der Waals surface area contributed by atoms with Crippen molar-refractivity contribution < 1.29 is 14.6 Å². The van der Waals surface area contributed by atoms with E-state index in [-0.39, 0.29) is 12.0 Å². The fourth-order valence-electron chi connectivity index (χ4n) is 2.85. The van der Waals surface area contributed by atoms with Gasteiger partial charge in [-0.1, -0.05) is 6.42 Å². The number of rotatable bonds is 6. The minimum Gasteiger partial charge on any atom is -0.481 e. The topological polar surface area (TPSA) is 49.8 Å². The quantitative estimate of drug-likeness (QED) is 0.744. The van der Waals surface area contributed by atoms with Crippen molar-refractivity contribution in [2.75, 3.05) is 20.3 Å². The summed E-state index contributed by atoms with van der Waals surface area (Å²) in [4.78, 5) is 13.6. The summed E-state index contributed by atoms with van der Waals surface area (Å²) in [5, 5.41) is 9.20. The van der Waals surface area contributed by atoms with E-state index in [1.807, 2.05) is 0 Å². The van der Waals surface area contributed by atoms with Gasteiger partial charge in [-0.2, -0.15) is 0 Å². The summed E-state index contributed by atoms with van der Waals surface area (Å²) in [7, 11) is 1.70. The van der Waals surface area contributed by atoms with Gasteiger partial charge in [-0.3, -0.25) is 9.69 Å². The molecule has 0 bridgehead atoms. The van der Waals surface area contributed by atoms with Crippen molar-refractivity contribution in [3.8, 4) is 0 Å². The van der Waals surface area contributed by atoms with Crippen LogP contribution in [0.25, 0.3) is 0 Å². The van der Waals surface area contributed by atoms with Gasteiger partial charge < -0.3 is 9.84 Å². The van der Waals surface area contributed by atoms with Crippen molar-refractivity contribution in [1.29, 1.82) is 0 Å². The Morgan fingerprint density at radius 3 is 2.69 bits per heavy atom. The van der Waals surface area contributed by atoms with Crippen LogP contribution in [-0.2, 0) is 9.53 Å². The fraction of sp³-hybridized carbons (Fsp3) is 0.917. The van der Waals surface area contributed by atoms with Crippen molar-refractivity contribution >= 4 is 5.97 Å². The second-order valence-corrected chi connectivity index (χ2v) is 4.90. The molecule has 2 rings (SSSR count). The average molecular weight is 227 g/mol. The molecular formula is C12H21NO3. The number of hydrogen-bond donors (Lipinski definition) is 1. The van der Waals surface area contributed by atoms with Crippen molar-refractivity contribution in [1.82, 2.24) is 4.90 Å². The molecule has 2 aliphatic rings. The van der Waals surface area contributed by atoms with Crippen LogP contribution < -0.4 is 0 Å². The minimum atomic E-state index is -0.620. The highest BCUT2D eigenvalue weighted by atomic mass is 16.5. The van der Waals surface area contributed by atoms with Crippen LogP contribution in [0.2, 0.25) is 0 Å². The molecule has 4 heteroatoms. The predicted molar refractivity (Wildman–Crippen MR) is 60.4 cm³/mol. The molecule has 0 radical (unpaired) electrons. The number of carbonyl (C=O) groups is 1. The molecule has 4 nitrogen and oxygen atoms in total. The van der Waals surface area contributed by atoms with Gasteiger partial charge >= 0.3 is 5.97 Å². The molecule has 2 unspecified atom stereocenters. The molecule has 0 amide bonds. The van der Waals surface area contributed by atoms with Gasteiger partial charge in [0.1, 0.15) is 0 Å². The van der Waals surface area contributed by atoms with Crippen molar-refractivity contribution in [3.63, 3.8) is 0 Å². The summed E-state index contributed by atoms with van der Waals surface area (Å²) in [6, 6.07) is 0.875. The van der Waals surface area contributed by atoms with E-state index >= 15 is 0 Å². The van der Waals surface area contributed by atoms with Crippen LogP contribution in [0, 0.1) is 5.92 Å². The van der Waals surface area contributed by atoms with E-state index in [2.05, 4.69) is 4.90 Å². The van der Waals surface area contributed by atoms with E-state index in [4.69, 9.17) is 4.74 Å². The maximum absolute atomic E-state index is 11.2. The number of nitrogens with zero attached hydrogens (tertiary/aromatic N) is 1. The maximum atomic E-state index is 11.2.